The number of amides is 1. The predicted molar refractivity (Wildman–Crippen MR) is 94.3 cm³/mol. The van der Waals surface area contributed by atoms with Gasteiger partial charge in [-0.25, -0.2) is 0 Å². The van der Waals surface area contributed by atoms with Gasteiger partial charge in [-0.15, -0.1) is 0 Å². The van der Waals surface area contributed by atoms with Crippen LogP contribution in [0.25, 0.3) is 0 Å². The quantitative estimate of drug-likeness (QED) is 0.407. The Kier molecular flexibility index (Phi) is 8.34. The second-order valence-electron chi connectivity index (χ2n) is 7.43. The number of esters is 1. The molecule has 0 aromatic rings. The van der Waals surface area contributed by atoms with Crippen LogP contribution >= 0.6 is 0 Å². The minimum Gasteiger partial charge on any atom is -0.463 e. The molecule has 0 bridgehead atoms. The van der Waals surface area contributed by atoms with Gasteiger partial charge in [0.05, 0.1) is 5.92 Å². The highest BCUT2D eigenvalue weighted by Crippen LogP contribution is 2.33. The van der Waals surface area contributed by atoms with E-state index in [-0.39, 0.29) is 6.42 Å². The van der Waals surface area contributed by atoms with Gasteiger partial charge in [-0.1, -0.05) is 34.6 Å². The van der Waals surface area contributed by atoms with Crippen molar-refractivity contribution < 1.29 is 39.2 Å². The summed E-state index contributed by atoms with van der Waals surface area (Å²) in [6, 6.07) is -1.41. The first-order valence-electron chi connectivity index (χ1n) is 9.20. The Morgan fingerprint density at radius 2 is 1.74 bits per heavy atom. The SMILES string of the molecule is CCCC(=O)N[C@H]1C(O)O[C@H](COC(=O)C(C)C)[C@](O)(C(=O)C(C)C)[C@@H]1O. The van der Waals surface area contributed by atoms with Gasteiger partial charge < -0.3 is 30.1 Å². The second kappa shape index (κ2) is 9.59. The minimum atomic E-state index is -2.46. The molecule has 0 aromatic heterocycles. The van der Waals surface area contributed by atoms with E-state index in [4.69, 9.17) is 9.47 Å². The summed E-state index contributed by atoms with van der Waals surface area (Å²) in [7, 11) is 0. The van der Waals surface area contributed by atoms with Gasteiger partial charge in [-0.2, -0.15) is 0 Å². The van der Waals surface area contributed by atoms with Crippen molar-refractivity contribution in [2.75, 3.05) is 6.61 Å². The van der Waals surface area contributed by atoms with Crippen LogP contribution in [0, 0.1) is 11.8 Å². The fourth-order valence-corrected chi connectivity index (χ4v) is 2.87. The lowest BCUT2D eigenvalue weighted by Crippen LogP contribution is -2.74. The molecule has 1 saturated heterocycles. The third-order valence-electron chi connectivity index (χ3n) is 4.47. The van der Waals surface area contributed by atoms with Gasteiger partial charge in [0.2, 0.25) is 5.91 Å². The summed E-state index contributed by atoms with van der Waals surface area (Å²) in [6.07, 6.45) is -4.35. The lowest BCUT2D eigenvalue weighted by atomic mass is 9.76. The van der Waals surface area contributed by atoms with Crippen molar-refractivity contribution in [3.05, 3.63) is 0 Å². The number of aliphatic hydroxyl groups excluding tert-OH is 2. The molecule has 0 spiro atoms. The highest BCUT2D eigenvalue weighted by molar-refractivity contribution is 5.90. The van der Waals surface area contributed by atoms with Gasteiger partial charge in [-0.05, 0) is 6.42 Å². The number of ether oxygens (including phenoxy) is 2. The van der Waals surface area contributed by atoms with Crippen LogP contribution in [0.3, 0.4) is 0 Å². The monoisotopic (exact) mass is 389 g/mol. The second-order valence-corrected chi connectivity index (χ2v) is 7.43. The third kappa shape index (κ3) is 5.25. The van der Waals surface area contributed by atoms with E-state index in [1.807, 2.05) is 0 Å². The topological polar surface area (TPSA) is 142 Å². The van der Waals surface area contributed by atoms with E-state index in [0.29, 0.717) is 6.42 Å². The van der Waals surface area contributed by atoms with Crippen molar-refractivity contribution in [3.8, 4) is 0 Å². The van der Waals surface area contributed by atoms with Crippen molar-refractivity contribution in [1.29, 1.82) is 0 Å². The van der Waals surface area contributed by atoms with Gasteiger partial charge in [0.15, 0.2) is 17.7 Å². The summed E-state index contributed by atoms with van der Waals surface area (Å²) < 4.78 is 10.3. The Hall–Kier alpha value is -1.55. The largest absolute Gasteiger partial charge is 0.463 e. The maximum Gasteiger partial charge on any atom is 0.308 e. The molecule has 1 fully saturated rings. The van der Waals surface area contributed by atoms with Crippen molar-refractivity contribution in [2.45, 2.75) is 77.6 Å². The Labute approximate surface area is 159 Å². The smallest absolute Gasteiger partial charge is 0.308 e. The fraction of sp³-hybridized carbons (Fsp3) is 0.833. The molecule has 0 radical (unpaired) electrons. The molecule has 1 aliphatic heterocycles. The summed E-state index contributed by atoms with van der Waals surface area (Å²) in [4.78, 5) is 36.2. The summed E-state index contributed by atoms with van der Waals surface area (Å²) in [5.74, 6) is -2.92. The van der Waals surface area contributed by atoms with E-state index in [0.717, 1.165) is 0 Å². The molecule has 0 aliphatic carbocycles. The summed E-state index contributed by atoms with van der Waals surface area (Å²) in [6.45, 7) is 7.52. The molecule has 5 atom stereocenters. The zero-order valence-corrected chi connectivity index (χ0v) is 16.5. The van der Waals surface area contributed by atoms with Crippen LogP contribution in [0.2, 0.25) is 0 Å². The standard InChI is InChI=1S/C18H31NO8/c1-6-7-12(20)19-13-15(22)18(25,14(21)9(2)3)11(27-17(13)24)8-26-16(23)10(4)5/h9-11,13,15,17,22,24-25H,6-8H2,1-5H3,(H,19,20)/t11-,13-,15-,17?,18+/m1/s1. The Bertz CT molecular complexity index is 549. The summed E-state index contributed by atoms with van der Waals surface area (Å²) in [5.41, 5.74) is -2.46. The normalized spacial score (nSPS) is 31.0. The van der Waals surface area contributed by atoms with E-state index in [1.54, 1.807) is 20.8 Å². The number of rotatable bonds is 8. The maximum atomic E-state index is 12.7. The molecule has 1 aliphatic rings. The number of Topliss-reactive ketones (excluding diaryl/α,β-unsaturated/α-hetero) is 1. The van der Waals surface area contributed by atoms with E-state index in [9.17, 15) is 29.7 Å². The van der Waals surface area contributed by atoms with Crippen LogP contribution < -0.4 is 5.32 Å². The highest BCUT2D eigenvalue weighted by atomic mass is 16.6. The van der Waals surface area contributed by atoms with Crippen molar-refractivity contribution >= 4 is 17.7 Å². The molecular weight excluding hydrogens is 358 g/mol. The van der Waals surface area contributed by atoms with Crippen LogP contribution in [0.4, 0.5) is 0 Å². The molecule has 4 N–H and O–H groups in total. The number of carbonyl (C=O) groups excluding carboxylic acids is 3. The molecule has 9 nitrogen and oxygen atoms in total. The number of carbonyl (C=O) groups is 3. The number of hydrogen-bond donors (Lipinski definition) is 4. The molecule has 27 heavy (non-hydrogen) atoms. The number of ketones is 1. The molecule has 1 unspecified atom stereocenters. The van der Waals surface area contributed by atoms with Crippen LogP contribution in [-0.4, -0.2) is 69.7 Å². The van der Waals surface area contributed by atoms with Crippen molar-refractivity contribution in [3.63, 3.8) is 0 Å². The molecule has 9 heteroatoms. The molecule has 0 aromatic carbocycles. The zero-order valence-electron chi connectivity index (χ0n) is 16.5. The summed E-state index contributed by atoms with van der Waals surface area (Å²) in [5, 5.41) is 34.3. The third-order valence-corrected chi connectivity index (χ3v) is 4.47. The summed E-state index contributed by atoms with van der Waals surface area (Å²) >= 11 is 0. The molecule has 0 saturated carbocycles. The van der Waals surface area contributed by atoms with E-state index in [1.165, 1.54) is 13.8 Å². The molecular formula is C18H31NO8. The lowest BCUT2D eigenvalue weighted by molar-refractivity contribution is -0.285. The number of hydrogen-bond acceptors (Lipinski definition) is 8. The molecule has 1 rings (SSSR count). The van der Waals surface area contributed by atoms with Gasteiger partial charge in [0.25, 0.3) is 0 Å². The van der Waals surface area contributed by atoms with Crippen LogP contribution in [0.5, 0.6) is 0 Å². The Morgan fingerprint density at radius 1 is 1.15 bits per heavy atom. The Morgan fingerprint density at radius 3 is 2.22 bits per heavy atom. The van der Waals surface area contributed by atoms with Crippen LogP contribution in [-0.2, 0) is 23.9 Å². The molecule has 156 valence electrons. The van der Waals surface area contributed by atoms with E-state index >= 15 is 0 Å². The maximum absolute atomic E-state index is 12.7. The van der Waals surface area contributed by atoms with Crippen molar-refractivity contribution in [1.82, 2.24) is 5.32 Å². The van der Waals surface area contributed by atoms with Gasteiger partial charge in [-0.3, -0.25) is 14.4 Å². The average Bonchev–Trinajstić information content (AvgIpc) is 2.59. The zero-order chi connectivity index (χ0) is 20.9. The van der Waals surface area contributed by atoms with Gasteiger partial charge >= 0.3 is 5.97 Å². The van der Waals surface area contributed by atoms with E-state index < -0.39 is 66.2 Å². The lowest BCUT2D eigenvalue weighted by Gasteiger charge is -2.48. The number of nitrogens with one attached hydrogen (secondary N) is 1. The van der Waals surface area contributed by atoms with Crippen LogP contribution in [0.1, 0.15) is 47.5 Å². The van der Waals surface area contributed by atoms with Gasteiger partial charge in [0.1, 0.15) is 24.9 Å². The first kappa shape index (κ1) is 23.5. The molecule has 1 amide bonds. The minimum absolute atomic E-state index is 0.141. The fourth-order valence-electron chi connectivity index (χ4n) is 2.87. The van der Waals surface area contributed by atoms with Gasteiger partial charge in [0, 0.05) is 12.3 Å². The first-order chi connectivity index (χ1) is 12.5. The average molecular weight is 389 g/mol. The van der Waals surface area contributed by atoms with Crippen LogP contribution in [0.15, 0.2) is 0 Å². The first-order valence-corrected chi connectivity index (χ1v) is 9.20. The Balaban J connectivity index is 3.12. The van der Waals surface area contributed by atoms with Crippen molar-refractivity contribution in [2.24, 2.45) is 11.8 Å². The highest BCUT2D eigenvalue weighted by Gasteiger charge is 2.60. The predicted octanol–water partition coefficient (Wildman–Crippen LogP) is -0.495. The molecule has 1 heterocycles. The van der Waals surface area contributed by atoms with E-state index in [2.05, 4.69) is 5.32 Å². The number of aliphatic hydroxyl groups is 3.